The largest absolute Gasteiger partial charge is 0.478 e. The zero-order valence-corrected chi connectivity index (χ0v) is 12.0. The van der Waals surface area contributed by atoms with Crippen LogP contribution in [-0.4, -0.2) is 16.3 Å². The minimum atomic E-state index is -1.01. The van der Waals surface area contributed by atoms with Crippen LogP contribution >= 0.6 is 11.8 Å². The lowest BCUT2D eigenvalue weighted by Crippen LogP contribution is -2.21. The van der Waals surface area contributed by atoms with Crippen LogP contribution in [-0.2, 0) is 0 Å². The van der Waals surface area contributed by atoms with E-state index >= 15 is 0 Å². The first-order valence-electron chi connectivity index (χ1n) is 6.65. The Morgan fingerprint density at radius 3 is 2.47 bits per heavy atom. The Morgan fingerprint density at radius 1 is 1.26 bits per heavy atom. The molecule has 0 amide bonds. The van der Waals surface area contributed by atoms with Crippen molar-refractivity contribution in [1.82, 2.24) is 0 Å². The van der Waals surface area contributed by atoms with Crippen LogP contribution in [0.1, 0.15) is 43.5 Å². The average molecular weight is 282 g/mol. The Morgan fingerprint density at radius 2 is 1.89 bits per heavy atom. The van der Waals surface area contributed by atoms with Gasteiger partial charge in [-0.05, 0) is 49.3 Å². The maximum Gasteiger partial charge on any atom is 0.335 e. The molecule has 1 aromatic rings. The number of hydrogen-bond acceptors (Lipinski definition) is 2. The smallest absolute Gasteiger partial charge is 0.335 e. The summed E-state index contributed by atoms with van der Waals surface area (Å²) in [6.45, 7) is 4.46. The van der Waals surface area contributed by atoms with Gasteiger partial charge in [-0.25, -0.2) is 9.18 Å². The maximum absolute atomic E-state index is 13.8. The molecule has 0 radical (unpaired) electrons. The fourth-order valence-electron chi connectivity index (χ4n) is 2.88. The first-order valence-corrected chi connectivity index (χ1v) is 7.53. The molecule has 2 unspecified atom stereocenters. The van der Waals surface area contributed by atoms with Crippen LogP contribution in [0, 0.1) is 17.7 Å². The summed E-state index contributed by atoms with van der Waals surface area (Å²) < 4.78 is 13.8. The van der Waals surface area contributed by atoms with Crippen LogP contribution in [0.25, 0.3) is 0 Å². The number of halogens is 1. The van der Waals surface area contributed by atoms with E-state index in [4.69, 9.17) is 5.11 Å². The molecule has 0 heterocycles. The molecule has 0 spiro atoms. The Balaban J connectivity index is 2.13. The van der Waals surface area contributed by atoms with Gasteiger partial charge in [0.2, 0.25) is 0 Å². The normalized spacial score (nSPS) is 27.2. The third-order valence-electron chi connectivity index (χ3n) is 3.61. The number of hydrogen-bond donors (Lipinski definition) is 1. The number of aromatic carboxylic acids is 1. The van der Waals surface area contributed by atoms with E-state index in [-0.39, 0.29) is 11.4 Å². The highest BCUT2D eigenvalue weighted by Crippen LogP contribution is 2.39. The standard InChI is InChI=1S/C15H19FO2S/c1-9-5-10(2)7-12(6-9)19-14-8-11(15(17)18)3-4-13(14)16/h3-4,8-10,12H,5-7H2,1-2H3,(H,17,18). The first kappa shape index (κ1) is 14.4. The molecule has 2 rings (SSSR count). The molecule has 0 saturated heterocycles. The molecule has 2 atom stereocenters. The van der Waals surface area contributed by atoms with Crippen LogP contribution < -0.4 is 0 Å². The van der Waals surface area contributed by atoms with Crippen molar-refractivity contribution in [2.24, 2.45) is 11.8 Å². The molecule has 1 N–H and O–H groups in total. The summed E-state index contributed by atoms with van der Waals surface area (Å²) >= 11 is 1.49. The molecular weight excluding hydrogens is 263 g/mol. The molecule has 1 aliphatic rings. The van der Waals surface area contributed by atoms with E-state index in [1.165, 1.54) is 36.4 Å². The Labute approximate surface area is 117 Å². The molecular formula is C15H19FO2S. The van der Waals surface area contributed by atoms with Crippen LogP contribution in [0.15, 0.2) is 23.1 Å². The summed E-state index contributed by atoms with van der Waals surface area (Å²) in [4.78, 5) is 11.4. The van der Waals surface area contributed by atoms with Gasteiger partial charge in [-0.15, -0.1) is 11.8 Å². The highest BCUT2D eigenvalue weighted by molar-refractivity contribution is 8.00. The number of carboxylic acid groups (broad SMARTS) is 1. The van der Waals surface area contributed by atoms with Gasteiger partial charge in [-0.1, -0.05) is 13.8 Å². The highest BCUT2D eigenvalue weighted by Gasteiger charge is 2.25. The van der Waals surface area contributed by atoms with E-state index < -0.39 is 5.97 Å². The average Bonchev–Trinajstić information content (AvgIpc) is 2.30. The summed E-state index contributed by atoms with van der Waals surface area (Å²) in [6, 6.07) is 4.02. The van der Waals surface area contributed by atoms with E-state index in [2.05, 4.69) is 13.8 Å². The zero-order valence-electron chi connectivity index (χ0n) is 11.2. The Bertz CT molecular complexity index is 465. The number of carboxylic acids is 1. The summed E-state index contributed by atoms with van der Waals surface area (Å²) in [6.07, 6.45) is 3.38. The fraction of sp³-hybridized carbons (Fsp3) is 0.533. The van der Waals surface area contributed by atoms with Crippen LogP contribution in [0.4, 0.5) is 4.39 Å². The lowest BCUT2D eigenvalue weighted by molar-refractivity contribution is 0.0696. The van der Waals surface area contributed by atoms with Crippen molar-refractivity contribution in [1.29, 1.82) is 0 Å². The molecule has 0 bridgehead atoms. The van der Waals surface area contributed by atoms with Gasteiger partial charge in [0, 0.05) is 10.1 Å². The monoisotopic (exact) mass is 282 g/mol. The molecule has 2 nitrogen and oxygen atoms in total. The molecule has 19 heavy (non-hydrogen) atoms. The second kappa shape index (κ2) is 5.95. The van der Waals surface area contributed by atoms with Crippen molar-refractivity contribution < 1.29 is 14.3 Å². The van der Waals surface area contributed by atoms with Crippen molar-refractivity contribution in [2.45, 2.75) is 43.3 Å². The third kappa shape index (κ3) is 3.72. The van der Waals surface area contributed by atoms with Crippen molar-refractivity contribution in [3.8, 4) is 0 Å². The first-order chi connectivity index (χ1) is 8.95. The van der Waals surface area contributed by atoms with Gasteiger partial charge in [0.25, 0.3) is 0 Å². The van der Waals surface area contributed by atoms with Crippen molar-refractivity contribution in [2.75, 3.05) is 0 Å². The summed E-state index contributed by atoms with van der Waals surface area (Å²) in [5, 5.41) is 9.34. The minimum absolute atomic E-state index is 0.154. The molecule has 1 saturated carbocycles. The van der Waals surface area contributed by atoms with E-state index in [1.807, 2.05) is 0 Å². The number of thioether (sulfide) groups is 1. The topological polar surface area (TPSA) is 37.3 Å². The van der Waals surface area contributed by atoms with Gasteiger partial charge in [0.15, 0.2) is 0 Å². The molecule has 1 aromatic carbocycles. The highest BCUT2D eigenvalue weighted by atomic mass is 32.2. The van der Waals surface area contributed by atoms with E-state index in [0.29, 0.717) is 22.0 Å². The van der Waals surface area contributed by atoms with Gasteiger partial charge in [-0.3, -0.25) is 0 Å². The van der Waals surface area contributed by atoms with E-state index in [9.17, 15) is 9.18 Å². The van der Waals surface area contributed by atoms with Gasteiger partial charge in [-0.2, -0.15) is 0 Å². The summed E-state index contributed by atoms with van der Waals surface area (Å²) in [5.41, 5.74) is 0.154. The minimum Gasteiger partial charge on any atom is -0.478 e. The Kier molecular flexibility index (Phi) is 4.50. The summed E-state index contributed by atoms with van der Waals surface area (Å²) in [7, 11) is 0. The lowest BCUT2D eigenvalue weighted by atomic mass is 9.83. The van der Waals surface area contributed by atoms with Gasteiger partial charge >= 0.3 is 5.97 Å². The van der Waals surface area contributed by atoms with Crippen molar-refractivity contribution in [3.05, 3.63) is 29.6 Å². The molecule has 1 aliphatic carbocycles. The number of carbonyl (C=O) groups is 1. The SMILES string of the molecule is CC1CC(C)CC(Sc2cc(C(=O)O)ccc2F)C1. The Hall–Kier alpha value is -1.03. The van der Waals surface area contributed by atoms with Crippen LogP contribution in [0.2, 0.25) is 0 Å². The molecule has 1 fully saturated rings. The van der Waals surface area contributed by atoms with Crippen molar-refractivity contribution in [3.63, 3.8) is 0 Å². The number of rotatable bonds is 3. The predicted octanol–water partition coefficient (Wildman–Crippen LogP) is 4.44. The molecule has 4 heteroatoms. The number of benzene rings is 1. The second-order valence-electron chi connectivity index (χ2n) is 5.61. The molecule has 0 aliphatic heterocycles. The second-order valence-corrected chi connectivity index (χ2v) is 6.95. The van der Waals surface area contributed by atoms with Crippen LogP contribution in [0.5, 0.6) is 0 Å². The van der Waals surface area contributed by atoms with Gasteiger partial charge < -0.3 is 5.11 Å². The van der Waals surface area contributed by atoms with Crippen LogP contribution in [0.3, 0.4) is 0 Å². The summed E-state index contributed by atoms with van der Waals surface area (Å²) in [5.74, 6) is -0.00737. The van der Waals surface area contributed by atoms with Gasteiger partial charge in [0.05, 0.1) is 5.56 Å². The molecule has 0 aromatic heterocycles. The van der Waals surface area contributed by atoms with E-state index in [1.54, 1.807) is 0 Å². The van der Waals surface area contributed by atoms with Crippen molar-refractivity contribution >= 4 is 17.7 Å². The maximum atomic E-state index is 13.8. The fourth-order valence-corrected chi connectivity index (χ4v) is 4.46. The van der Waals surface area contributed by atoms with E-state index in [0.717, 1.165) is 12.8 Å². The third-order valence-corrected chi connectivity index (χ3v) is 4.89. The molecule has 104 valence electrons. The quantitative estimate of drug-likeness (QED) is 0.890. The lowest BCUT2D eigenvalue weighted by Gasteiger charge is -2.31. The van der Waals surface area contributed by atoms with Gasteiger partial charge in [0.1, 0.15) is 5.82 Å². The zero-order chi connectivity index (χ0) is 14.0. The predicted molar refractivity (Wildman–Crippen MR) is 75.2 cm³/mol.